The van der Waals surface area contributed by atoms with Gasteiger partial charge in [-0.1, -0.05) is 0 Å². The van der Waals surface area contributed by atoms with Crippen molar-refractivity contribution in [3.05, 3.63) is 0 Å². The molecule has 2 heterocycles. The molecule has 3 aliphatic rings. The Morgan fingerprint density at radius 3 is 2.52 bits per heavy atom. The molecule has 0 aromatic heterocycles. The van der Waals surface area contributed by atoms with E-state index >= 15 is 0 Å². The smallest absolute Gasteiger partial charge is 0.281 e. The van der Waals surface area contributed by atoms with Crippen LogP contribution in [0.3, 0.4) is 0 Å². The summed E-state index contributed by atoms with van der Waals surface area (Å²) >= 11 is 0. The summed E-state index contributed by atoms with van der Waals surface area (Å²) < 4.78 is 39.0. The van der Waals surface area contributed by atoms with E-state index in [4.69, 9.17) is 9.47 Å². The second-order valence-electron chi connectivity index (χ2n) is 6.79. The van der Waals surface area contributed by atoms with Crippen LogP contribution < -0.4 is 0 Å². The highest BCUT2D eigenvalue weighted by molar-refractivity contribution is 7.86. The van der Waals surface area contributed by atoms with Crippen molar-refractivity contribution in [3.63, 3.8) is 0 Å². The predicted octanol–water partition coefficient (Wildman–Crippen LogP) is 0.843. The Balaban J connectivity index is 1.51. The Morgan fingerprint density at radius 1 is 1.29 bits per heavy atom. The molecule has 3 fully saturated rings. The van der Waals surface area contributed by atoms with E-state index in [1.54, 1.807) is 18.4 Å². The lowest BCUT2D eigenvalue weighted by Gasteiger charge is -2.38. The summed E-state index contributed by atoms with van der Waals surface area (Å²) in [6.07, 6.45) is 5.25. The summed E-state index contributed by atoms with van der Waals surface area (Å²) in [5.41, 5.74) is -0.160. The Labute approximate surface area is 127 Å². The van der Waals surface area contributed by atoms with Crippen molar-refractivity contribution < 1.29 is 17.9 Å². The molecular weight excluding hydrogens is 292 g/mol. The van der Waals surface area contributed by atoms with Gasteiger partial charge in [0.1, 0.15) is 0 Å². The minimum atomic E-state index is -3.29. The van der Waals surface area contributed by atoms with E-state index in [0.29, 0.717) is 19.7 Å². The molecule has 1 spiro atoms. The van der Waals surface area contributed by atoms with Crippen molar-refractivity contribution in [1.82, 2.24) is 8.61 Å². The van der Waals surface area contributed by atoms with Gasteiger partial charge in [0.15, 0.2) is 0 Å². The van der Waals surface area contributed by atoms with Crippen LogP contribution in [0.5, 0.6) is 0 Å². The van der Waals surface area contributed by atoms with Crippen LogP contribution in [0.4, 0.5) is 0 Å². The number of ether oxygens (including phenoxy) is 2. The number of hydrogen-bond acceptors (Lipinski definition) is 4. The van der Waals surface area contributed by atoms with Gasteiger partial charge in [-0.3, -0.25) is 0 Å². The van der Waals surface area contributed by atoms with Crippen LogP contribution in [0.1, 0.15) is 32.1 Å². The van der Waals surface area contributed by atoms with E-state index < -0.39 is 10.2 Å². The van der Waals surface area contributed by atoms with Crippen LogP contribution in [-0.4, -0.2) is 69.1 Å². The fourth-order valence-electron chi connectivity index (χ4n) is 3.17. The minimum Gasteiger partial charge on any atom is -0.375 e. The normalized spacial score (nSPS) is 30.3. The van der Waals surface area contributed by atoms with Gasteiger partial charge in [-0.05, 0) is 31.6 Å². The summed E-state index contributed by atoms with van der Waals surface area (Å²) in [6, 6.07) is 0. The molecule has 0 aromatic rings. The van der Waals surface area contributed by atoms with Crippen molar-refractivity contribution in [3.8, 4) is 0 Å². The van der Waals surface area contributed by atoms with Crippen LogP contribution >= 0.6 is 0 Å². The minimum absolute atomic E-state index is 0.160. The first-order chi connectivity index (χ1) is 9.91. The first-order valence-electron chi connectivity index (χ1n) is 7.84. The highest BCUT2D eigenvalue weighted by atomic mass is 32.2. The number of rotatable bonds is 5. The van der Waals surface area contributed by atoms with E-state index in [2.05, 4.69) is 0 Å². The van der Waals surface area contributed by atoms with Gasteiger partial charge in [0, 0.05) is 40.2 Å². The molecule has 122 valence electrons. The van der Waals surface area contributed by atoms with Crippen LogP contribution in [0.15, 0.2) is 0 Å². The standard InChI is InChI=1S/C14H26N2O4S/c1-15(2)21(17,18)16-7-5-14(6-8-16)9-13(11-20-14)19-10-12-3-4-12/h12-13H,3-11H2,1-2H3/t13-/m1/s1. The Morgan fingerprint density at radius 2 is 1.95 bits per heavy atom. The third-order valence-corrected chi connectivity index (χ3v) is 6.80. The van der Waals surface area contributed by atoms with E-state index in [-0.39, 0.29) is 11.7 Å². The molecule has 1 saturated carbocycles. The molecule has 1 atom stereocenters. The van der Waals surface area contributed by atoms with Crippen LogP contribution in [-0.2, 0) is 19.7 Å². The number of hydrogen-bond donors (Lipinski definition) is 0. The second kappa shape index (κ2) is 5.77. The lowest BCUT2D eigenvalue weighted by Crippen LogP contribution is -2.49. The first kappa shape index (κ1) is 15.7. The summed E-state index contributed by atoms with van der Waals surface area (Å²) in [5, 5.41) is 0. The third kappa shape index (κ3) is 3.42. The molecule has 0 bridgehead atoms. The zero-order valence-corrected chi connectivity index (χ0v) is 13.8. The quantitative estimate of drug-likeness (QED) is 0.754. The monoisotopic (exact) mass is 318 g/mol. The van der Waals surface area contributed by atoms with Crippen LogP contribution in [0, 0.1) is 5.92 Å². The summed E-state index contributed by atoms with van der Waals surface area (Å²) in [7, 11) is -0.139. The lowest BCUT2D eigenvalue weighted by molar-refractivity contribution is -0.0345. The molecule has 2 saturated heterocycles. The van der Waals surface area contributed by atoms with Crippen LogP contribution in [0.2, 0.25) is 0 Å². The molecule has 7 heteroatoms. The molecule has 6 nitrogen and oxygen atoms in total. The molecule has 3 rings (SSSR count). The highest BCUT2D eigenvalue weighted by Crippen LogP contribution is 2.38. The fraction of sp³-hybridized carbons (Fsp3) is 1.00. The Bertz CT molecular complexity index is 467. The fourth-order valence-corrected chi connectivity index (χ4v) is 4.28. The summed E-state index contributed by atoms with van der Waals surface area (Å²) in [6.45, 7) is 2.60. The molecular formula is C14H26N2O4S. The zero-order chi connectivity index (χ0) is 15.1. The highest BCUT2D eigenvalue weighted by Gasteiger charge is 2.45. The lowest BCUT2D eigenvalue weighted by atomic mass is 9.89. The van der Waals surface area contributed by atoms with Gasteiger partial charge < -0.3 is 9.47 Å². The van der Waals surface area contributed by atoms with Gasteiger partial charge in [0.05, 0.1) is 18.3 Å². The average molecular weight is 318 g/mol. The Hall–Kier alpha value is -0.210. The summed E-state index contributed by atoms with van der Waals surface area (Å²) in [4.78, 5) is 0. The van der Waals surface area contributed by atoms with E-state index in [9.17, 15) is 8.42 Å². The molecule has 0 amide bonds. The maximum Gasteiger partial charge on any atom is 0.281 e. The van der Waals surface area contributed by atoms with Gasteiger partial charge in [0.2, 0.25) is 0 Å². The van der Waals surface area contributed by atoms with Gasteiger partial charge in [-0.25, -0.2) is 0 Å². The first-order valence-corrected chi connectivity index (χ1v) is 9.24. The Kier molecular flexibility index (Phi) is 4.31. The van der Waals surface area contributed by atoms with Crippen molar-refractivity contribution in [2.24, 2.45) is 5.92 Å². The van der Waals surface area contributed by atoms with Gasteiger partial charge in [-0.15, -0.1) is 0 Å². The van der Waals surface area contributed by atoms with Gasteiger partial charge >= 0.3 is 0 Å². The van der Waals surface area contributed by atoms with Crippen molar-refractivity contribution >= 4 is 10.2 Å². The SMILES string of the molecule is CN(C)S(=O)(=O)N1CCC2(CC1)C[C@@H](OCC1CC1)CO2. The largest absolute Gasteiger partial charge is 0.375 e. The molecule has 2 aliphatic heterocycles. The predicted molar refractivity (Wildman–Crippen MR) is 79.2 cm³/mol. The van der Waals surface area contributed by atoms with Crippen molar-refractivity contribution in [1.29, 1.82) is 0 Å². The van der Waals surface area contributed by atoms with E-state index in [1.807, 2.05) is 0 Å². The maximum atomic E-state index is 12.1. The van der Waals surface area contributed by atoms with Crippen molar-refractivity contribution in [2.75, 3.05) is 40.4 Å². The summed E-state index contributed by atoms with van der Waals surface area (Å²) in [5.74, 6) is 0.772. The van der Waals surface area contributed by atoms with Gasteiger partial charge in [-0.2, -0.15) is 17.0 Å². The van der Waals surface area contributed by atoms with E-state index in [0.717, 1.165) is 31.8 Å². The number of nitrogens with zero attached hydrogens (tertiary/aromatic N) is 2. The zero-order valence-electron chi connectivity index (χ0n) is 13.0. The second-order valence-corrected chi connectivity index (χ2v) is 8.93. The molecule has 0 aromatic carbocycles. The molecule has 1 aliphatic carbocycles. The maximum absolute atomic E-state index is 12.1. The third-order valence-electron chi connectivity index (χ3n) is 4.86. The molecule has 0 unspecified atom stereocenters. The molecule has 21 heavy (non-hydrogen) atoms. The van der Waals surface area contributed by atoms with Crippen molar-refractivity contribution in [2.45, 2.75) is 43.8 Å². The average Bonchev–Trinajstić information content (AvgIpc) is 3.20. The van der Waals surface area contributed by atoms with Crippen LogP contribution in [0.25, 0.3) is 0 Å². The van der Waals surface area contributed by atoms with E-state index in [1.165, 1.54) is 17.1 Å². The molecule has 0 radical (unpaired) electrons. The molecule has 0 N–H and O–H groups in total. The topological polar surface area (TPSA) is 59.1 Å². The number of piperidine rings is 1. The van der Waals surface area contributed by atoms with Gasteiger partial charge in [0.25, 0.3) is 10.2 Å².